The number of ether oxygens (including phenoxy) is 4. The molecule has 1 atom stereocenters. The van der Waals surface area contributed by atoms with E-state index in [1.165, 1.54) is 0 Å². The highest BCUT2D eigenvalue weighted by Gasteiger charge is 2.36. The van der Waals surface area contributed by atoms with Crippen LogP contribution in [0.1, 0.15) is 24.0 Å². The number of aromatic nitrogens is 2. The standard InChI is InChI=1S/C27H29N5O4/c1-2-34-22-16-19(8-9-21(22)35-15-12-32-10-13-33-14-11-32)23-20(17-28)26(29)36-27-24(23)25(30-31-27)18-6-4-3-5-7-18/h3-9,16,23H,2,10-15,29H2,1H3,(H,30,31)/t23-/m1/s1. The highest BCUT2D eigenvalue weighted by Crippen LogP contribution is 2.47. The van der Waals surface area contributed by atoms with Crippen molar-refractivity contribution in [3.8, 4) is 34.7 Å². The topological polar surface area (TPSA) is 119 Å². The molecule has 3 N–H and O–H groups in total. The van der Waals surface area contributed by atoms with Gasteiger partial charge >= 0.3 is 0 Å². The van der Waals surface area contributed by atoms with Crippen molar-refractivity contribution in [2.24, 2.45) is 5.73 Å². The van der Waals surface area contributed by atoms with E-state index in [4.69, 9.17) is 24.7 Å². The summed E-state index contributed by atoms with van der Waals surface area (Å²) in [5.74, 6) is 1.20. The first kappa shape index (κ1) is 23.7. The molecule has 0 bridgehead atoms. The molecule has 9 heteroatoms. The zero-order chi connectivity index (χ0) is 24.9. The van der Waals surface area contributed by atoms with E-state index in [-0.39, 0.29) is 5.88 Å². The molecule has 1 saturated heterocycles. The van der Waals surface area contributed by atoms with Gasteiger partial charge in [0.1, 0.15) is 18.2 Å². The molecular weight excluding hydrogens is 458 g/mol. The van der Waals surface area contributed by atoms with Crippen molar-refractivity contribution < 1.29 is 18.9 Å². The van der Waals surface area contributed by atoms with Gasteiger partial charge < -0.3 is 24.7 Å². The van der Waals surface area contributed by atoms with Crippen LogP contribution in [0.3, 0.4) is 0 Å². The minimum atomic E-state index is -0.477. The Morgan fingerprint density at radius 3 is 2.69 bits per heavy atom. The molecule has 36 heavy (non-hydrogen) atoms. The van der Waals surface area contributed by atoms with Crippen molar-refractivity contribution in [3.05, 3.63) is 71.1 Å². The first-order valence-electron chi connectivity index (χ1n) is 12.1. The number of nitrogens with zero attached hydrogens (tertiary/aromatic N) is 3. The number of H-pyrrole nitrogens is 1. The Kier molecular flexibility index (Phi) is 7.07. The molecule has 5 rings (SSSR count). The van der Waals surface area contributed by atoms with Gasteiger partial charge in [-0.15, -0.1) is 5.10 Å². The average molecular weight is 488 g/mol. The lowest BCUT2D eigenvalue weighted by Gasteiger charge is -2.27. The lowest BCUT2D eigenvalue weighted by Crippen LogP contribution is -2.38. The Morgan fingerprint density at radius 1 is 1.14 bits per heavy atom. The predicted molar refractivity (Wildman–Crippen MR) is 134 cm³/mol. The Morgan fingerprint density at radius 2 is 1.94 bits per heavy atom. The fraction of sp³-hybridized carbons (Fsp3) is 0.333. The number of rotatable bonds is 8. The van der Waals surface area contributed by atoms with E-state index in [1.807, 2.05) is 55.5 Å². The van der Waals surface area contributed by atoms with Gasteiger partial charge in [0.15, 0.2) is 11.5 Å². The second-order valence-electron chi connectivity index (χ2n) is 8.55. The van der Waals surface area contributed by atoms with Crippen LogP contribution in [-0.2, 0) is 4.74 Å². The highest BCUT2D eigenvalue weighted by molar-refractivity contribution is 5.71. The maximum Gasteiger partial charge on any atom is 0.244 e. The van der Waals surface area contributed by atoms with Crippen LogP contribution in [0.5, 0.6) is 17.4 Å². The van der Waals surface area contributed by atoms with Crippen LogP contribution >= 0.6 is 0 Å². The number of allylic oxidation sites excluding steroid dienone is 1. The van der Waals surface area contributed by atoms with Crippen LogP contribution in [0.2, 0.25) is 0 Å². The van der Waals surface area contributed by atoms with Crippen molar-refractivity contribution in [2.75, 3.05) is 46.1 Å². The van der Waals surface area contributed by atoms with Crippen molar-refractivity contribution in [1.82, 2.24) is 15.1 Å². The fourth-order valence-electron chi connectivity index (χ4n) is 4.60. The van der Waals surface area contributed by atoms with Crippen LogP contribution in [-0.4, -0.2) is 61.2 Å². The molecule has 2 aliphatic rings. The molecule has 2 aliphatic heterocycles. The van der Waals surface area contributed by atoms with Gasteiger partial charge in [-0.25, -0.2) is 0 Å². The van der Waals surface area contributed by atoms with E-state index in [9.17, 15) is 5.26 Å². The predicted octanol–water partition coefficient (Wildman–Crippen LogP) is 3.40. The molecule has 186 valence electrons. The largest absolute Gasteiger partial charge is 0.490 e. The smallest absolute Gasteiger partial charge is 0.244 e. The molecule has 0 spiro atoms. The van der Waals surface area contributed by atoms with Gasteiger partial charge in [0.2, 0.25) is 11.8 Å². The van der Waals surface area contributed by atoms with Gasteiger partial charge in [0.05, 0.1) is 37.0 Å². The summed E-state index contributed by atoms with van der Waals surface area (Å²) in [6, 6.07) is 17.8. The number of nitriles is 1. The van der Waals surface area contributed by atoms with E-state index < -0.39 is 5.92 Å². The monoisotopic (exact) mass is 487 g/mol. The Hall–Kier alpha value is -4.00. The number of fused-ring (bicyclic) bond motifs is 1. The lowest BCUT2D eigenvalue weighted by molar-refractivity contribution is 0.0321. The maximum absolute atomic E-state index is 10.0. The minimum absolute atomic E-state index is 0.0462. The summed E-state index contributed by atoms with van der Waals surface area (Å²) in [5.41, 5.74) is 9.79. The summed E-state index contributed by atoms with van der Waals surface area (Å²) < 4.78 is 23.2. The van der Waals surface area contributed by atoms with Crippen molar-refractivity contribution >= 4 is 0 Å². The zero-order valence-corrected chi connectivity index (χ0v) is 20.2. The molecule has 3 aromatic rings. The van der Waals surface area contributed by atoms with Gasteiger partial charge in [-0.1, -0.05) is 36.4 Å². The number of benzene rings is 2. The van der Waals surface area contributed by atoms with E-state index in [0.717, 1.165) is 55.2 Å². The first-order chi connectivity index (χ1) is 17.7. The van der Waals surface area contributed by atoms with Gasteiger partial charge in [0, 0.05) is 19.6 Å². The normalized spacial score (nSPS) is 17.7. The van der Waals surface area contributed by atoms with Crippen molar-refractivity contribution in [3.63, 3.8) is 0 Å². The molecule has 0 amide bonds. The summed E-state index contributed by atoms with van der Waals surface area (Å²) in [6.45, 7) is 7.08. The number of hydrogen-bond acceptors (Lipinski definition) is 8. The Labute approximate surface area is 210 Å². The highest BCUT2D eigenvalue weighted by atomic mass is 16.5. The summed E-state index contributed by atoms with van der Waals surface area (Å²) in [7, 11) is 0. The van der Waals surface area contributed by atoms with Crippen molar-refractivity contribution in [2.45, 2.75) is 12.8 Å². The molecule has 0 radical (unpaired) electrons. The minimum Gasteiger partial charge on any atom is -0.490 e. The van der Waals surface area contributed by atoms with Crippen LogP contribution < -0.4 is 19.9 Å². The second-order valence-corrected chi connectivity index (χ2v) is 8.55. The Bertz CT molecular complexity index is 1280. The summed E-state index contributed by atoms with van der Waals surface area (Å²) in [5, 5.41) is 17.4. The Balaban J connectivity index is 1.48. The number of aromatic amines is 1. The van der Waals surface area contributed by atoms with Crippen LogP contribution in [0.25, 0.3) is 11.3 Å². The van der Waals surface area contributed by atoms with E-state index in [2.05, 4.69) is 21.2 Å². The van der Waals surface area contributed by atoms with Gasteiger partial charge in [-0.3, -0.25) is 10.00 Å². The molecule has 1 fully saturated rings. The van der Waals surface area contributed by atoms with Gasteiger partial charge in [-0.05, 0) is 30.2 Å². The van der Waals surface area contributed by atoms with E-state index >= 15 is 0 Å². The lowest BCUT2D eigenvalue weighted by atomic mass is 9.83. The van der Waals surface area contributed by atoms with E-state index in [0.29, 0.717) is 36.2 Å². The third kappa shape index (κ3) is 4.73. The molecule has 0 saturated carbocycles. The van der Waals surface area contributed by atoms with Crippen molar-refractivity contribution in [1.29, 1.82) is 5.26 Å². The van der Waals surface area contributed by atoms with Crippen LogP contribution in [0, 0.1) is 11.3 Å². The number of morpholine rings is 1. The molecule has 2 aromatic carbocycles. The second kappa shape index (κ2) is 10.7. The third-order valence-corrected chi connectivity index (χ3v) is 6.37. The summed E-state index contributed by atoms with van der Waals surface area (Å²) in [4.78, 5) is 2.32. The molecular formula is C27H29N5O4. The fourth-order valence-corrected chi connectivity index (χ4v) is 4.60. The zero-order valence-electron chi connectivity index (χ0n) is 20.2. The molecule has 9 nitrogen and oxygen atoms in total. The SMILES string of the molecule is CCOc1cc([C@@H]2C(C#N)=C(N)Oc3n[nH]c(-c4ccccc4)c32)ccc1OCCN1CCOCC1. The summed E-state index contributed by atoms with van der Waals surface area (Å²) >= 11 is 0. The van der Waals surface area contributed by atoms with E-state index in [1.54, 1.807) is 0 Å². The molecule has 0 unspecified atom stereocenters. The summed E-state index contributed by atoms with van der Waals surface area (Å²) in [6.07, 6.45) is 0. The van der Waals surface area contributed by atoms with Crippen LogP contribution in [0.4, 0.5) is 0 Å². The van der Waals surface area contributed by atoms with Crippen LogP contribution in [0.15, 0.2) is 60.0 Å². The number of nitrogens with two attached hydrogens (primary N) is 1. The van der Waals surface area contributed by atoms with Gasteiger partial charge in [-0.2, -0.15) is 5.26 Å². The average Bonchev–Trinajstić information content (AvgIpc) is 3.33. The first-order valence-corrected chi connectivity index (χ1v) is 12.1. The molecule has 0 aliphatic carbocycles. The third-order valence-electron chi connectivity index (χ3n) is 6.37. The number of nitrogens with one attached hydrogen (secondary N) is 1. The molecule has 3 heterocycles. The maximum atomic E-state index is 10.0. The van der Waals surface area contributed by atoms with Gasteiger partial charge in [0.25, 0.3) is 0 Å². The number of hydrogen-bond donors (Lipinski definition) is 2. The molecule has 1 aromatic heterocycles. The quantitative estimate of drug-likeness (QED) is 0.496.